The zero-order valence-electron chi connectivity index (χ0n) is 19.4. The molecule has 1 amide bonds. The molecule has 3 aromatic rings. The van der Waals surface area contributed by atoms with Gasteiger partial charge in [0.15, 0.2) is 5.65 Å². The van der Waals surface area contributed by atoms with Crippen molar-refractivity contribution in [3.63, 3.8) is 0 Å². The van der Waals surface area contributed by atoms with Crippen molar-refractivity contribution in [2.75, 3.05) is 5.73 Å². The number of carbonyl (C=O) groups excluding carboxylic acids is 1. The second-order valence-electron chi connectivity index (χ2n) is 9.06. The van der Waals surface area contributed by atoms with Crippen LogP contribution in [0, 0.1) is 5.92 Å². The Morgan fingerprint density at radius 1 is 1.03 bits per heavy atom. The second-order valence-corrected chi connectivity index (χ2v) is 9.06. The number of nitrogen functional groups attached to an aromatic ring is 1. The third-order valence-corrected chi connectivity index (χ3v) is 5.85. The number of fused-ring (bicyclic) bond motifs is 2. The minimum absolute atomic E-state index is 0.0852. The van der Waals surface area contributed by atoms with Gasteiger partial charge < -0.3 is 15.6 Å². The maximum Gasteiger partial charge on any atom is 0.257 e. The fourth-order valence-electron chi connectivity index (χ4n) is 4.06. The summed E-state index contributed by atoms with van der Waals surface area (Å²) in [7, 11) is 0. The van der Waals surface area contributed by atoms with E-state index >= 15 is 0 Å². The van der Waals surface area contributed by atoms with Crippen molar-refractivity contribution in [1.29, 1.82) is 0 Å². The van der Waals surface area contributed by atoms with Crippen molar-refractivity contribution in [2.45, 2.75) is 85.2 Å². The van der Waals surface area contributed by atoms with E-state index in [1.807, 2.05) is 28.8 Å². The Kier molecular flexibility index (Phi) is 7.88. The number of nitrogens with two attached hydrogens (primary N) is 1. The molecular weight excluding hydrogens is 386 g/mol. The molecule has 0 spiro atoms. The number of carbonyl (C=O) groups is 1. The molecule has 31 heavy (non-hydrogen) atoms. The van der Waals surface area contributed by atoms with E-state index in [1.165, 1.54) is 12.8 Å². The first kappa shape index (κ1) is 23.0. The van der Waals surface area contributed by atoms with Crippen LogP contribution in [0.3, 0.4) is 0 Å². The van der Waals surface area contributed by atoms with Gasteiger partial charge in [0.05, 0.1) is 11.0 Å². The normalized spacial score (nSPS) is 12.7. The summed E-state index contributed by atoms with van der Waals surface area (Å²) in [6.07, 6.45) is 7.71. The number of anilines is 1. The molecule has 0 fully saturated rings. The van der Waals surface area contributed by atoms with Crippen LogP contribution in [-0.2, 0) is 6.54 Å². The number of para-hydroxylation sites is 2. The van der Waals surface area contributed by atoms with E-state index in [-0.39, 0.29) is 11.9 Å². The van der Waals surface area contributed by atoms with Gasteiger partial charge in [-0.3, -0.25) is 4.79 Å². The first-order valence-electron chi connectivity index (χ1n) is 11.8. The van der Waals surface area contributed by atoms with Crippen molar-refractivity contribution in [3.05, 3.63) is 29.8 Å². The molecule has 0 aliphatic carbocycles. The lowest BCUT2D eigenvalue weighted by atomic mass is 10.0. The molecule has 2 heterocycles. The van der Waals surface area contributed by atoms with Crippen molar-refractivity contribution >= 4 is 33.9 Å². The van der Waals surface area contributed by atoms with Crippen molar-refractivity contribution in [2.24, 2.45) is 5.92 Å². The zero-order chi connectivity index (χ0) is 22.4. The van der Waals surface area contributed by atoms with Crippen LogP contribution in [0.1, 0.15) is 83.0 Å². The molecule has 3 N–H and O–H groups in total. The van der Waals surface area contributed by atoms with Crippen LogP contribution in [0.4, 0.5) is 5.82 Å². The molecule has 3 rings (SSSR count). The Labute approximate surface area is 185 Å². The van der Waals surface area contributed by atoms with Crippen LogP contribution in [0.2, 0.25) is 0 Å². The Morgan fingerprint density at radius 2 is 1.74 bits per heavy atom. The van der Waals surface area contributed by atoms with Gasteiger partial charge in [-0.1, -0.05) is 65.0 Å². The third-order valence-electron chi connectivity index (χ3n) is 5.85. The SMILES string of the molecule is CCCCCCn1c(N)c(C(=O)N[C@H](C)CCCC(C)C)c2nc3ccccc3nc21. The number of rotatable bonds is 11. The molecule has 0 aliphatic rings. The van der Waals surface area contributed by atoms with Gasteiger partial charge in [0.25, 0.3) is 5.91 Å². The van der Waals surface area contributed by atoms with E-state index in [0.29, 0.717) is 28.5 Å². The topological polar surface area (TPSA) is 85.8 Å². The fraction of sp³-hybridized carbons (Fsp3) is 0.560. The van der Waals surface area contributed by atoms with E-state index < -0.39 is 0 Å². The van der Waals surface area contributed by atoms with Gasteiger partial charge in [-0.05, 0) is 37.8 Å². The average Bonchev–Trinajstić information content (AvgIpc) is 2.99. The second kappa shape index (κ2) is 10.6. The third kappa shape index (κ3) is 5.54. The summed E-state index contributed by atoms with van der Waals surface area (Å²) in [6, 6.07) is 7.84. The lowest BCUT2D eigenvalue weighted by molar-refractivity contribution is 0.0940. The predicted molar refractivity (Wildman–Crippen MR) is 129 cm³/mol. The van der Waals surface area contributed by atoms with Crippen LogP contribution in [0.5, 0.6) is 0 Å². The molecule has 0 bridgehead atoms. The summed E-state index contributed by atoms with van der Waals surface area (Å²) in [5.41, 5.74) is 9.88. The predicted octanol–water partition coefficient (Wildman–Crippen LogP) is 5.69. The Balaban J connectivity index is 1.92. The summed E-state index contributed by atoms with van der Waals surface area (Å²) in [4.78, 5) is 22.9. The number of benzene rings is 1. The van der Waals surface area contributed by atoms with E-state index in [2.05, 4.69) is 33.0 Å². The highest BCUT2D eigenvalue weighted by Crippen LogP contribution is 2.28. The Morgan fingerprint density at radius 3 is 2.42 bits per heavy atom. The highest BCUT2D eigenvalue weighted by atomic mass is 16.1. The van der Waals surface area contributed by atoms with E-state index in [1.54, 1.807) is 0 Å². The molecule has 0 radical (unpaired) electrons. The molecule has 0 saturated carbocycles. The van der Waals surface area contributed by atoms with Crippen LogP contribution >= 0.6 is 0 Å². The molecule has 2 aromatic heterocycles. The van der Waals surface area contributed by atoms with E-state index in [9.17, 15) is 4.79 Å². The molecule has 1 aromatic carbocycles. The minimum atomic E-state index is -0.156. The van der Waals surface area contributed by atoms with Crippen LogP contribution in [0.25, 0.3) is 22.2 Å². The lowest BCUT2D eigenvalue weighted by Gasteiger charge is -2.14. The summed E-state index contributed by atoms with van der Waals surface area (Å²) in [6.45, 7) is 9.44. The number of amides is 1. The van der Waals surface area contributed by atoms with Crippen LogP contribution < -0.4 is 11.1 Å². The van der Waals surface area contributed by atoms with Gasteiger partial charge >= 0.3 is 0 Å². The minimum Gasteiger partial charge on any atom is -0.384 e. The summed E-state index contributed by atoms with van der Waals surface area (Å²) in [5.74, 6) is 0.984. The van der Waals surface area contributed by atoms with Crippen LogP contribution in [-0.4, -0.2) is 26.5 Å². The van der Waals surface area contributed by atoms with Gasteiger partial charge in [0.1, 0.15) is 16.9 Å². The van der Waals surface area contributed by atoms with E-state index in [4.69, 9.17) is 15.7 Å². The molecule has 1 atom stereocenters. The molecule has 6 nitrogen and oxygen atoms in total. The number of hydrogen-bond acceptors (Lipinski definition) is 4. The molecule has 0 saturated heterocycles. The highest BCUT2D eigenvalue weighted by Gasteiger charge is 2.24. The van der Waals surface area contributed by atoms with Gasteiger partial charge in [0.2, 0.25) is 0 Å². The van der Waals surface area contributed by atoms with E-state index in [0.717, 1.165) is 49.7 Å². The van der Waals surface area contributed by atoms with Crippen molar-refractivity contribution < 1.29 is 4.79 Å². The maximum absolute atomic E-state index is 13.2. The first-order chi connectivity index (χ1) is 14.9. The quantitative estimate of drug-likeness (QED) is 0.388. The molecule has 0 aliphatic heterocycles. The number of hydrogen-bond donors (Lipinski definition) is 2. The Bertz CT molecular complexity index is 1020. The maximum atomic E-state index is 13.2. The first-order valence-corrected chi connectivity index (χ1v) is 11.8. The van der Waals surface area contributed by atoms with Gasteiger partial charge in [-0.15, -0.1) is 0 Å². The molecular formula is C25H37N5O. The Hall–Kier alpha value is -2.63. The summed E-state index contributed by atoms with van der Waals surface area (Å²) in [5, 5.41) is 3.14. The standard InChI is InChI=1S/C25H37N5O/c1-5-6-7-10-16-30-23(26)21(25(31)27-18(4)13-11-12-17(2)3)22-24(30)29-20-15-9-8-14-19(20)28-22/h8-9,14-15,17-18H,5-7,10-13,16,26H2,1-4H3,(H,27,31)/t18-/m1/s1. The van der Waals surface area contributed by atoms with Gasteiger partial charge in [0, 0.05) is 12.6 Å². The van der Waals surface area contributed by atoms with Gasteiger partial charge in [-0.2, -0.15) is 0 Å². The number of unbranched alkanes of at least 4 members (excludes halogenated alkanes) is 3. The van der Waals surface area contributed by atoms with Crippen LogP contribution in [0.15, 0.2) is 24.3 Å². The number of aryl methyl sites for hydroxylation is 1. The summed E-state index contributed by atoms with van der Waals surface area (Å²) >= 11 is 0. The molecule has 6 heteroatoms. The smallest absolute Gasteiger partial charge is 0.257 e. The fourth-order valence-corrected chi connectivity index (χ4v) is 4.06. The highest BCUT2D eigenvalue weighted by molar-refractivity contribution is 6.10. The number of aromatic nitrogens is 3. The van der Waals surface area contributed by atoms with Gasteiger partial charge in [-0.25, -0.2) is 9.97 Å². The number of nitrogens with one attached hydrogen (secondary N) is 1. The number of nitrogens with zero attached hydrogens (tertiary/aromatic N) is 3. The summed E-state index contributed by atoms with van der Waals surface area (Å²) < 4.78 is 1.97. The zero-order valence-corrected chi connectivity index (χ0v) is 19.4. The molecule has 0 unspecified atom stereocenters. The average molecular weight is 424 g/mol. The molecule has 168 valence electrons. The van der Waals surface area contributed by atoms with Crippen molar-refractivity contribution in [3.8, 4) is 0 Å². The van der Waals surface area contributed by atoms with Crippen molar-refractivity contribution in [1.82, 2.24) is 19.9 Å². The largest absolute Gasteiger partial charge is 0.384 e. The monoisotopic (exact) mass is 423 g/mol. The lowest BCUT2D eigenvalue weighted by Crippen LogP contribution is -2.33.